The third-order valence-corrected chi connectivity index (χ3v) is 4.50. The van der Waals surface area contributed by atoms with Crippen LogP contribution in [0.15, 0.2) is 45.9 Å². The summed E-state index contributed by atoms with van der Waals surface area (Å²) in [5, 5.41) is 18.6. The summed E-state index contributed by atoms with van der Waals surface area (Å²) in [6, 6.07) is 10.2. The summed E-state index contributed by atoms with van der Waals surface area (Å²) in [4.78, 5) is 10.3. The largest absolute Gasteiger partial charge is 0.455 e. The van der Waals surface area contributed by atoms with Gasteiger partial charge in [-0.2, -0.15) is 5.10 Å². The first-order chi connectivity index (χ1) is 12.6. The first-order valence-electron chi connectivity index (χ1n) is 8.56. The van der Waals surface area contributed by atoms with Gasteiger partial charge in [0.15, 0.2) is 5.11 Å². The van der Waals surface area contributed by atoms with Crippen LogP contribution < -0.4 is 10.7 Å². The molecule has 136 valence electrons. The number of nitrogens with one attached hydrogen (secondary N) is 2. The van der Waals surface area contributed by atoms with Gasteiger partial charge < -0.3 is 9.73 Å². The van der Waals surface area contributed by atoms with Crippen molar-refractivity contribution in [2.75, 3.05) is 0 Å². The molecule has 7 nitrogen and oxygen atoms in total. The lowest BCUT2D eigenvalue weighted by Crippen LogP contribution is -2.40. The molecule has 1 aromatic carbocycles. The quantitative estimate of drug-likeness (QED) is 0.357. The van der Waals surface area contributed by atoms with Crippen LogP contribution in [0.1, 0.15) is 37.9 Å². The highest BCUT2D eigenvalue weighted by Gasteiger charge is 2.13. The molecule has 2 N–H and O–H groups in total. The predicted octanol–water partition coefficient (Wildman–Crippen LogP) is 3.99. The molecule has 26 heavy (non-hydrogen) atoms. The number of furan rings is 1. The zero-order valence-electron chi connectivity index (χ0n) is 14.2. The molecule has 2 aromatic rings. The van der Waals surface area contributed by atoms with Crippen molar-refractivity contribution in [2.24, 2.45) is 5.10 Å². The molecule has 1 aliphatic rings. The lowest BCUT2D eigenvalue weighted by Gasteiger charge is -2.23. The number of nitro benzene ring substituents is 1. The number of rotatable bonds is 5. The zero-order valence-corrected chi connectivity index (χ0v) is 15.0. The van der Waals surface area contributed by atoms with E-state index in [2.05, 4.69) is 15.8 Å². The lowest BCUT2D eigenvalue weighted by atomic mass is 9.96. The number of thiocarbonyl (C=S) groups is 1. The van der Waals surface area contributed by atoms with Crippen molar-refractivity contribution in [1.29, 1.82) is 0 Å². The fourth-order valence-electron chi connectivity index (χ4n) is 2.94. The Labute approximate surface area is 156 Å². The van der Waals surface area contributed by atoms with E-state index >= 15 is 0 Å². The van der Waals surface area contributed by atoms with Gasteiger partial charge in [0.25, 0.3) is 5.69 Å². The van der Waals surface area contributed by atoms with Crippen LogP contribution in [0.25, 0.3) is 11.3 Å². The topological polar surface area (TPSA) is 92.7 Å². The van der Waals surface area contributed by atoms with E-state index in [0.29, 0.717) is 22.7 Å². The highest BCUT2D eigenvalue weighted by molar-refractivity contribution is 7.80. The molecule has 0 unspecified atom stereocenters. The number of hydrogen-bond acceptors (Lipinski definition) is 5. The molecule has 0 atom stereocenters. The molecule has 1 aliphatic carbocycles. The summed E-state index contributed by atoms with van der Waals surface area (Å²) >= 11 is 5.24. The molecule has 0 radical (unpaired) electrons. The molecule has 3 rings (SSSR count). The predicted molar refractivity (Wildman–Crippen MR) is 104 cm³/mol. The maximum Gasteiger partial charge on any atom is 0.269 e. The van der Waals surface area contributed by atoms with Crippen LogP contribution in [0.2, 0.25) is 0 Å². The van der Waals surface area contributed by atoms with Crippen LogP contribution in [-0.2, 0) is 0 Å². The first kappa shape index (κ1) is 18.1. The Morgan fingerprint density at radius 3 is 2.62 bits per heavy atom. The van der Waals surface area contributed by atoms with Gasteiger partial charge in [-0.25, -0.2) is 0 Å². The van der Waals surface area contributed by atoms with Gasteiger partial charge in [0.1, 0.15) is 11.5 Å². The highest BCUT2D eigenvalue weighted by atomic mass is 32.1. The summed E-state index contributed by atoms with van der Waals surface area (Å²) in [5.41, 5.74) is 3.61. The van der Waals surface area contributed by atoms with Gasteiger partial charge in [0.05, 0.1) is 11.1 Å². The summed E-state index contributed by atoms with van der Waals surface area (Å²) in [7, 11) is 0. The van der Waals surface area contributed by atoms with E-state index in [1.165, 1.54) is 31.4 Å². The number of hydrazone groups is 1. The van der Waals surface area contributed by atoms with Gasteiger partial charge in [0, 0.05) is 23.7 Å². The van der Waals surface area contributed by atoms with Crippen molar-refractivity contribution >= 4 is 29.2 Å². The Hall–Kier alpha value is -2.74. The van der Waals surface area contributed by atoms with Crippen molar-refractivity contribution < 1.29 is 9.34 Å². The van der Waals surface area contributed by atoms with Gasteiger partial charge in [0.2, 0.25) is 0 Å². The smallest absolute Gasteiger partial charge is 0.269 e. The van der Waals surface area contributed by atoms with Crippen LogP contribution in [0.3, 0.4) is 0 Å². The number of hydrogen-bond donors (Lipinski definition) is 2. The summed E-state index contributed by atoms with van der Waals surface area (Å²) in [6.07, 6.45) is 7.60. The van der Waals surface area contributed by atoms with Crippen LogP contribution in [0.4, 0.5) is 5.69 Å². The van der Waals surface area contributed by atoms with E-state index in [4.69, 9.17) is 16.6 Å². The Morgan fingerprint density at radius 2 is 1.92 bits per heavy atom. The van der Waals surface area contributed by atoms with Crippen molar-refractivity contribution in [2.45, 2.75) is 38.1 Å². The molecule has 0 saturated heterocycles. The summed E-state index contributed by atoms with van der Waals surface area (Å²) < 4.78 is 5.68. The van der Waals surface area contributed by atoms with Gasteiger partial charge in [-0.15, -0.1) is 0 Å². The fourth-order valence-corrected chi connectivity index (χ4v) is 3.16. The molecular formula is C18H20N4O3S. The van der Waals surface area contributed by atoms with Gasteiger partial charge in [-0.1, -0.05) is 19.3 Å². The van der Waals surface area contributed by atoms with Crippen molar-refractivity contribution in [3.8, 4) is 11.3 Å². The average Bonchev–Trinajstić information content (AvgIpc) is 3.11. The van der Waals surface area contributed by atoms with E-state index in [0.717, 1.165) is 18.4 Å². The molecule has 8 heteroatoms. The average molecular weight is 372 g/mol. The molecule has 1 aromatic heterocycles. The molecule has 0 spiro atoms. The SMILES string of the molecule is O=[N+]([O-])c1ccc(-c2ccc(/C=N\NC(=S)NC3CCCCC3)o2)cc1. The van der Waals surface area contributed by atoms with Crippen LogP contribution in [0, 0.1) is 10.1 Å². The third kappa shape index (κ3) is 4.89. The van der Waals surface area contributed by atoms with Crippen molar-refractivity contribution in [3.05, 3.63) is 52.3 Å². The van der Waals surface area contributed by atoms with Crippen LogP contribution in [-0.4, -0.2) is 22.3 Å². The minimum atomic E-state index is -0.431. The van der Waals surface area contributed by atoms with Crippen molar-refractivity contribution in [3.63, 3.8) is 0 Å². The summed E-state index contributed by atoms with van der Waals surface area (Å²) in [6.45, 7) is 0. The molecule has 1 fully saturated rings. The molecule has 0 aliphatic heterocycles. The molecule has 1 heterocycles. The van der Waals surface area contributed by atoms with E-state index in [9.17, 15) is 10.1 Å². The maximum atomic E-state index is 10.7. The molecule has 0 amide bonds. The second kappa shape index (κ2) is 8.57. The Balaban J connectivity index is 1.53. The highest BCUT2D eigenvalue weighted by Crippen LogP contribution is 2.24. The van der Waals surface area contributed by atoms with Gasteiger partial charge in [-0.05, 0) is 49.3 Å². The Kier molecular flexibility index (Phi) is 5.96. The van der Waals surface area contributed by atoms with E-state index in [1.54, 1.807) is 30.5 Å². The third-order valence-electron chi connectivity index (χ3n) is 4.29. The molecule has 1 saturated carbocycles. The Morgan fingerprint density at radius 1 is 1.19 bits per heavy atom. The lowest BCUT2D eigenvalue weighted by molar-refractivity contribution is -0.384. The van der Waals surface area contributed by atoms with Crippen LogP contribution >= 0.6 is 12.2 Å². The second-order valence-electron chi connectivity index (χ2n) is 6.18. The minimum absolute atomic E-state index is 0.0465. The van der Waals surface area contributed by atoms with Crippen LogP contribution in [0.5, 0.6) is 0 Å². The number of non-ortho nitro benzene ring substituents is 1. The van der Waals surface area contributed by atoms with E-state index < -0.39 is 4.92 Å². The number of benzene rings is 1. The molecular weight excluding hydrogens is 352 g/mol. The van der Waals surface area contributed by atoms with Gasteiger partial charge >= 0.3 is 0 Å². The maximum absolute atomic E-state index is 10.7. The second-order valence-corrected chi connectivity index (χ2v) is 6.59. The van der Waals surface area contributed by atoms with Crippen molar-refractivity contribution in [1.82, 2.24) is 10.7 Å². The minimum Gasteiger partial charge on any atom is -0.455 e. The number of nitro groups is 1. The first-order valence-corrected chi connectivity index (χ1v) is 8.97. The monoisotopic (exact) mass is 372 g/mol. The van der Waals surface area contributed by atoms with E-state index in [1.807, 2.05) is 0 Å². The molecule has 0 bridgehead atoms. The zero-order chi connectivity index (χ0) is 18.4. The van der Waals surface area contributed by atoms with Gasteiger partial charge in [-0.3, -0.25) is 15.5 Å². The normalized spacial score (nSPS) is 15.1. The Bertz CT molecular complexity index is 795. The van der Waals surface area contributed by atoms with E-state index in [-0.39, 0.29) is 5.69 Å². The summed E-state index contributed by atoms with van der Waals surface area (Å²) in [5.74, 6) is 1.18. The fraction of sp³-hybridized carbons (Fsp3) is 0.333. The standard InChI is InChI=1S/C18H20N4O3S/c23-22(24)15-8-6-13(7-9-15)17-11-10-16(25-17)12-19-21-18(26)20-14-4-2-1-3-5-14/h6-12,14H,1-5H2,(H2,20,21,26)/b19-12-. The number of nitrogens with zero attached hydrogens (tertiary/aromatic N) is 2.